The summed E-state index contributed by atoms with van der Waals surface area (Å²) in [4.78, 5) is 33.7. The molecule has 0 amide bonds. The Morgan fingerprint density at radius 1 is 1.04 bits per heavy atom. The summed E-state index contributed by atoms with van der Waals surface area (Å²) < 4.78 is 29.1. The van der Waals surface area contributed by atoms with Crippen LogP contribution in [0.4, 0.5) is 5.69 Å². The summed E-state index contributed by atoms with van der Waals surface area (Å²) in [5.74, 6) is -1.79. The van der Waals surface area contributed by atoms with Crippen LogP contribution in [-0.4, -0.2) is 37.5 Å². The highest BCUT2D eigenvalue weighted by atomic mass is 32.2. The van der Waals surface area contributed by atoms with Gasteiger partial charge in [0, 0.05) is 17.7 Å². The predicted octanol–water partition coefficient (Wildman–Crippen LogP) is 2.49. The summed E-state index contributed by atoms with van der Waals surface area (Å²) >= 11 is 0. The number of carbonyl (C=O) groups excluding carboxylic acids is 2. The molecular formula is C18H17NO7S. The highest BCUT2D eigenvalue weighted by Gasteiger charge is 2.18. The minimum atomic E-state index is -3.63. The molecule has 0 unspecified atom stereocenters. The van der Waals surface area contributed by atoms with Gasteiger partial charge < -0.3 is 4.74 Å². The normalized spacial score (nSPS) is 11.0. The van der Waals surface area contributed by atoms with Gasteiger partial charge in [-0.3, -0.25) is 19.7 Å². The number of nitro benzene ring substituents is 1. The number of ketones is 1. The van der Waals surface area contributed by atoms with Crippen molar-refractivity contribution in [1.29, 1.82) is 0 Å². The van der Waals surface area contributed by atoms with E-state index in [1.54, 1.807) is 12.1 Å². The Labute approximate surface area is 155 Å². The summed E-state index contributed by atoms with van der Waals surface area (Å²) in [5.41, 5.74) is 0.906. The van der Waals surface area contributed by atoms with Gasteiger partial charge in [0.05, 0.1) is 22.0 Å². The quantitative estimate of drug-likeness (QED) is 0.293. The second-order valence-electron chi connectivity index (χ2n) is 5.77. The molecular weight excluding hydrogens is 374 g/mol. The fourth-order valence-electron chi connectivity index (χ4n) is 2.15. The Kier molecular flexibility index (Phi) is 6.40. The Balaban J connectivity index is 1.85. The van der Waals surface area contributed by atoms with Crippen LogP contribution in [0.3, 0.4) is 0 Å². The van der Waals surface area contributed by atoms with E-state index in [-0.39, 0.29) is 22.6 Å². The number of rotatable bonds is 8. The standard InChI is InChI=1S/C18H17NO7S/c1-13-2-8-16(9-3-13)27(24,25)11-10-18(21)26-12-17(20)14-4-6-15(7-5-14)19(22)23/h2-9H,10-12H2,1H3. The molecule has 2 aromatic rings. The number of nitro groups is 1. The Bertz CT molecular complexity index is 948. The molecule has 142 valence electrons. The van der Waals surface area contributed by atoms with Crippen molar-refractivity contribution >= 4 is 27.3 Å². The van der Waals surface area contributed by atoms with Crippen LogP contribution in [0.1, 0.15) is 22.3 Å². The van der Waals surface area contributed by atoms with E-state index in [9.17, 15) is 28.1 Å². The number of Topliss-reactive ketones (excluding diaryl/α,β-unsaturated/α-hetero) is 1. The number of ether oxygens (including phenoxy) is 1. The molecule has 2 aromatic carbocycles. The van der Waals surface area contributed by atoms with Gasteiger partial charge in [0.25, 0.3) is 5.69 Å². The van der Waals surface area contributed by atoms with Gasteiger partial charge in [-0.05, 0) is 31.2 Å². The van der Waals surface area contributed by atoms with Crippen LogP contribution >= 0.6 is 0 Å². The third kappa shape index (κ3) is 5.71. The number of hydrogen-bond acceptors (Lipinski definition) is 7. The number of benzene rings is 2. The summed E-state index contributed by atoms with van der Waals surface area (Å²) in [6, 6.07) is 11.1. The minimum absolute atomic E-state index is 0.114. The van der Waals surface area contributed by atoms with E-state index in [2.05, 4.69) is 0 Å². The number of nitrogens with zero attached hydrogens (tertiary/aromatic N) is 1. The maximum absolute atomic E-state index is 12.2. The van der Waals surface area contributed by atoms with E-state index in [4.69, 9.17) is 4.74 Å². The monoisotopic (exact) mass is 391 g/mol. The van der Waals surface area contributed by atoms with Crippen LogP contribution in [0.25, 0.3) is 0 Å². The second-order valence-corrected chi connectivity index (χ2v) is 7.88. The number of hydrogen-bond donors (Lipinski definition) is 0. The minimum Gasteiger partial charge on any atom is -0.457 e. The first kappa shape index (κ1) is 20.2. The van der Waals surface area contributed by atoms with E-state index in [1.165, 1.54) is 36.4 Å². The topological polar surface area (TPSA) is 121 Å². The largest absolute Gasteiger partial charge is 0.457 e. The second kappa shape index (κ2) is 8.54. The first-order valence-corrected chi connectivity index (χ1v) is 9.57. The molecule has 9 heteroatoms. The molecule has 0 fully saturated rings. The maximum atomic E-state index is 12.2. The van der Waals surface area contributed by atoms with E-state index in [0.29, 0.717) is 0 Å². The summed E-state index contributed by atoms with van der Waals surface area (Å²) in [5, 5.41) is 10.6. The molecule has 0 N–H and O–H groups in total. The summed E-state index contributed by atoms with van der Waals surface area (Å²) in [6.07, 6.45) is -0.385. The van der Waals surface area contributed by atoms with Crippen molar-refractivity contribution in [1.82, 2.24) is 0 Å². The van der Waals surface area contributed by atoms with Crippen LogP contribution in [0.2, 0.25) is 0 Å². The van der Waals surface area contributed by atoms with Gasteiger partial charge in [-0.15, -0.1) is 0 Å². The van der Waals surface area contributed by atoms with Gasteiger partial charge in [0.2, 0.25) is 0 Å². The molecule has 8 nitrogen and oxygen atoms in total. The lowest BCUT2D eigenvalue weighted by molar-refractivity contribution is -0.384. The lowest BCUT2D eigenvalue weighted by Gasteiger charge is -2.06. The van der Waals surface area contributed by atoms with Crippen molar-refractivity contribution in [2.75, 3.05) is 12.4 Å². The van der Waals surface area contributed by atoms with Crippen LogP contribution in [0.15, 0.2) is 53.4 Å². The lowest BCUT2D eigenvalue weighted by Crippen LogP contribution is -2.17. The van der Waals surface area contributed by atoms with Gasteiger partial charge in [-0.25, -0.2) is 8.42 Å². The molecule has 27 heavy (non-hydrogen) atoms. The summed E-state index contributed by atoms with van der Waals surface area (Å²) in [6.45, 7) is 1.26. The van der Waals surface area contributed by atoms with Gasteiger partial charge in [0.1, 0.15) is 0 Å². The Morgan fingerprint density at radius 3 is 2.19 bits per heavy atom. The van der Waals surface area contributed by atoms with Crippen molar-refractivity contribution in [2.24, 2.45) is 0 Å². The zero-order chi connectivity index (χ0) is 20.0. The maximum Gasteiger partial charge on any atom is 0.307 e. The van der Waals surface area contributed by atoms with E-state index in [1.807, 2.05) is 6.92 Å². The van der Waals surface area contributed by atoms with Crippen molar-refractivity contribution in [3.8, 4) is 0 Å². The highest BCUT2D eigenvalue weighted by molar-refractivity contribution is 7.91. The molecule has 0 aromatic heterocycles. The molecule has 0 aliphatic heterocycles. The van der Waals surface area contributed by atoms with Crippen molar-refractivity contribution < 1.29 is 27.7 Å². The van der Waals surface area contributed by atoms with Crippen molar-refractivity contribution in [2.45, 2.75) is 18.2 Å². The van der Waals surface area contributed by atoms with Gasteiger partial charge in [-0.1, -0.05) is 17.7 Å². The first-order valence-electron chi connectivity index (χ1n) is 7.92. The number of sulfone groups is 1. The fourth-order valence-corrected chi connectivity index (χ4v) is 3.37. The molecule has 2 rings (SSSR count). The van der Waals surface area contributed by atoms with Crippen LogP contribution < -0.4 is 0 Å². The number of esters is 1. The smallest absolute Gasteiger partial charge is 0.307 e. The SMILES string of the molecule is Cc1ccc(S(=O)(=O)CCC(=O)OCC(=O)c2ccc([N+](=O)[O-])cc2)cc1. The molecule has 0 aliphatic rings. The Morgan fingerprint density at radius 2 is 1.63 bits per heavy atom. The highest BCUT2D eigenvalue weighted by Crippen LogP contribution is 2.14. The third-order valence-electron chi connectivity index (χ3n) is 3.72. The number of aryl methyl sites for hydroxylation is 1. The zero-order valence-electron chi connectivity index (χ0n) is 14.5. The molecule has 0 bridgehead atoms. The van der Waals surface area contributed by atoms with E-state index < -0.39 is 38.9 Å². The van der Waals surface area contributed by atoms with Crippen molar-refractivity contribution in [3.05, 3.63) is 69.8 Å². The molecule has 0 saturated carbocycles. The van der Waals surface area contributed by atoms with Crippen LogP contribution in [0, 0.1) is 17.0 Å². The summed E-state index contributed by atoms with van der Waals surface area (Å²) in [7, 11) is -3.63. The van der Waals surface area contributed by atoms with Crippen LogP contribution in [-0.2, 0) is 19.4 Å². The van der Waals surface area contributed by atoms with E-state index >= 15 is 0 Å². The average Bonchev–Trinajstić information content (AvgIpc) is 2.65. The van der Waals surface area contributed by atoms with Gasteiger partial charge in [0.15, 0.2) is 22.2 Å². The number of non-ortho nitro benzene ring substituents is 1. The third-order valence-corrected chi connectivity index (χ3v) is 5.45. The molecule has 0 radical (unpaired) electrons. The molecule has 0 aliphatic carbocycles. The molecule has 0 atom stereocenters. The predicted molar refractivity (Wildman–Crippen MR) is 96.2 cm³/mol. The van der Waals surface area contributed by atoms with Gasteiger partial charge >= 0.3 is 5.97 Å². The average molecular weight is 391 g/mol. The fraction of sp³-hybridized carbons (Fsp3) is 0.222. The first-order chi connectivity index (χ1) is 12.7. The zero-order valence-corrected chi connectivity index (χ0v) is 15.3. The number of carbonyl (C=O) groups is 2. The van der Waals surface area contributed by atoms with Crippen molar-refractivity contribution in [3.63, 3.8) is 0 Å². The molecule has 0 spiro atoms. The lowest BCUT2D eigenvalue weighted by atomic mass is 10.1. The van der Waals surface area contributed by atoms with Gasteiger partial charge in [-0.2, -0.15) is 0 Å². The molecule has 0 heterocycles. The Hall–Kier alpha value is -3.07. The van der Waals surface area contributed by atoms with E-state index in [0.717, 1.165) is 5.56 Å². The van der Waals surface area contributed by atoms with Crippen LogP contribution in [0.5, 0.6) is 0 Å². The molecule has 0 saturated heterocycles.